The van der Waals surface area contributed by atoms with E-state index in [0.717, 1.165) is 15.4 Å². The number of fused-ring (bicyclic) bond motifs is 1. The Morgan fingerprint density at radius 1 is 1.00 bits per heavy atom. The van der Waals surface area contributed by atoms with Crippen LogP contribution in [0.5, 0.6) is 0 Å². The van der Waals surface area contributed by atoms with Crippen LogP contribution in [0.3, 0.4) is 0 Å². The third-order valence-corrected chi connectivity index (χ3v) is 7.61. The number of hydrazine groups is 1. The molecule has 3 heterocycles. The Hall–Kier alpha value is -3.76. The van der Waals surface area contributed by atoms with Crippen molar-refractivity contribution >= 4 is 29.2 Å². The molecule has 0 bridgehead atoms. The minimum absolute atomic E-state index is 0.0918. The predicted octanol–water partition coefficient (Wildman–Crippen LogP) is 3.40. The standard InChI is InChI=1S/C27H28FN5O3S/c28-19-31-18-24(34)32-23(33(31)27(36)29-16-20-8-3-1-4-9-20)17-30(14-13-22-12-7-15-37-22)26(35)25(32)21-10-5-2-6-11-21/h1-12,15,23,25H,13-14,16-19H2,(H,29,36)/t23-,25-/m0/s1. The summed E-state index contributed by atoms with van der Waals surface area (Å²) < 4.78 is 14.2. The monoisotopic (exact) mass is 521 g/mol. The number of urea groups is 1. The van der Waals surface area contributed by atoms with Gasteiger partial charge in [0.1, 0.15) is 18.8 Å². The molecule has 5 rings (SSSR count). The van der Waals surface area contributed by atoms with E-state index in [1.807, 2.05) is 66.0 Å². The highest BCUT2D eigenvalue weighted by atomic mass is 32.1. The average Bonchev–Trinajstić information content (AvgIpc) is 3.45. The quantitative estimate of drug-likeness (QED) is 0.484. The first-order valence-electron chi connectivity index (χ1n) is 12.2. The second-order valence-electron chi connectivity index (χ2n) is 8.98. The summed E-state index contributed by atoms with van der Waals surface area (Å²) in [5, 5.41) is 7.22. The van der Waals surface area contributed by atoms with Crippen molar-refractivity contribution in [3.8, 4) is 0 Å². The van der Waals surface area contributed by atoms with Crippen molar-refractivity contribution in [2.75, 3.05) is 26.4 Å². The van der Waals surface area contributed by atoms with E-state index in [2.05, 4.69) is 5.32 Å². The maximum absolute atomic E-state index is 14.2. The summed E-state index contributed by atoms with van der Waals surface area (Å²) in [5.41, 5.74) is 1.55. The van der Waals surface area contributed by atoms with E-state index in [4.69, 9.17) is 0 Å². The number of hydrogen-bond donors (Lipinski definition) is 1. The largest absolute Gasteiger partial charge is 0.336 e. The van der Waals surface area contributed by atoms with Crippen molar-refractivity contribution < 1.29 is 18.8 Å². The molecule has 0 spiro atoms. The Kier molecular flexibility index (Phi) is 7.47. The molecule has 2 fully saturated rings. The molecule has 2 aliphatic heterocycles. The van der Waals surface area contributed by atoms with Gasteiger partial charge in [-0.25, -0.2) is 14.2 Å². The lowest BCUT2D eigenvalue weighted by Crippen LogP contribution is -2.74. The van der Waals surface area contributed by atoms with Crippen molar-refractivity contribution in [3.05, 3.63) is 94.2 Å². The third-order valence-electron chi connectivity index (χ3n) is 6.68. The second-order valence-corrected chi connectivity index (χ2v) is 10.0. The summed E-state index contributed by atoms with van der Waals surface area (Å²) in [5.74, 6) is -0.597. The first kappa shape index (κ1) is 24.9. The van der Waals surface area contributed by atoms with Crippen molar-refractivity contribution in [2.45, 2.75) is 25.2 Å². The maximum Gasteiger partial charge on any atom is 0.334 e. The lowest BCUT2D eigenvalue weighted by Gasteiger charge is -2.54. The molecule has 0 radical (unpaired) electrons. The Morgan fingerprint density at radius 2 is 1.73 bits per heavy atom. The van der Waals surface area contributed by atoms with E-state index >= 15 is 0 Å². The van der Waals surface area contributed by atoms with Crippen molar-refractivity contribution in [2.24, 2.45) is 0 Å². The van der Waals surface area contributed by atoms with Crippen LogP contribution < -0.4 is 5.32 Å². The van der Waals surface area contributed by atoms with E-state index < -0.39 is 30.9 Å². The molecule has 1 aromatic heterocycles. The van der Waals surface area contributed by atoms with E-state index in [9.17, 15) is 18.8 Å². The molecule has 10 heteroatoms. The number of rotatable bonds is 7. The summed E-state index contributed by atoms with van der Waals surface area (Å²) in [6.07, 6.45) is -0.197. The molecule has 2 aliphatic rings. The number of nitrogens with zero attached hydrogens (tertiary/aromatic N) is 4. The van der Waals surface area contributed by atoms with Gasteiger partial charge in [-0.3, -0.25) is 9.59 Å². The van der Waals surface area contributed by atoms with E-state index in [1.165, 1.54) is 9.91 Å². The van der Waals surface area contributed by atoms with Gasteiger partial charge in [-0.1, -0.05) is 66.7 Å². The summed E-state index contributed by atoms with van der Waals surface area (Å²) in [6, 6.07) is 21.0. The highest BCUT2D eigenvalue weighted by Crippen LogP contribution is 2.35. The number of nitrogens with one attached hydrogen (secondary N) is 1. The van der Waals surface area contributed by atoms with Gasteiger partial charge in [0.15, 0.2) is 6.80 Å². The molecular weight excluding hydrogens is 493 g/mol. The number of piperazine rings is 1. The molecule has 2 aromatic carbocycles. The minimum atomic E-state index is -1.01. The van der Waals surface area contributed by atoms with Gasteiger partial charge in [0, 0.05) is 18.0 Å². The van der Waals surface area contributed by atoms with Crippen LogP contribution in [0.15, 0.2) is 78.2 Å². The lowest BCUT2D eigenvalue weighted by molar-refractivity contribution is -0.195. The molecule has 3 aromatic rings. The van der Waals surface area contributed by atoms with Crippen molar-refractivity contribution in [1.29, 1.82) is 0 Å². The van der Waals surface area contributed by atoms with Crippen LogP contribution in [-0.2, 0) is 22.6 Å². The smallest absolute Gasteiger partial charge is 0.334 e. The van der Waals surface area contributed by atoms with Gasteiger partial charge in [-0.2, -0.15) is 5.01 Å². The Labute approximate surface area is 218 Å². The molecule has 192 valence electrons. The Bertz CT molecular complexity index is 1230. The zero-order valence-corrected chi connectivity index (χ0v) is 21.0. The SMILES string of the molecule is O=C1[C@H](c2ccccc2)N2C(=O)CN(CF)N(C(=O)NCc3ccccc3)[C@H]2CN1CCc1cccs1. The third kappa shape index (κ3) is 5.21. The molecule has 4 amide bonds. The molecule has 0 unspecified atom stereocenters. The number of hydrogen-bond acceptors (Lipinski definition) is 5. The van der Waals surface area contributed by atoms with Gasteiger partial charge in [0.05, 0.1) is 6.54 Å². The number of alkyl halides is 1. The Balaban J connectivity index is 1.46. The highest BCUT2D eigenvalue weighted by molar-refractivity contribution is 7.09. The lowest BCUT2D eigenvalue weighted by atomic mass is 9.98. The molecule has 1 N–H and O–H groups in total. The van der Waals surface area contributed by atoms with Crippen LogP contribution in [0, 0.1) is 0 Å². The second kappa shape index (κ2) is 11.1. The number of amides is 4. The topological polar surface area (TPSA) is 76.2 Å². The molecule has 0 saturated carbocycles. The van der Waals surface area contributed by atoms with E-state index in [0.29, 0.717) is 18.5 Å². The Morgan fingerprint density at radius 3 is 2.41 bits per heavy atom. The molecule has 0 aliphatic carbocycles. The number of benzene rings is 2. The molecule has 8 nitrogen and oxygen atoms in total. The van der Waals surface area contributed by atoms with E-state index in [-0.39, 0.29) is 25.5 Å². The fourth-order valence-electron chi connectivity index (χ4n) is 4.91. The fraction of sp³-hybridized carbons (Fsp3) is 0.296. The van der Waals surface area contributed by atoms with Gasteiger partial charge in [0.25, 0.3) is 0 Å². The maximum atomic E-state index is 14.2. The van der Waals surface area contributed by atoms with Crippen LogP contribution in [0.4, 0.5) is 9.18 Å². The molecule has 2 atom stereocenters. The van der Waals surface area contributed by atoms with Crippen LogP contribution in [0.1, 0.15) is 22.0 Å². The summed E-state index contributed by atoms with van der Waals surface area (Å²) >= 11 is 1.61. The van der Waals surface area contributed by atoms with Gasteiger partial charge in [0.2, 0.25) is 11.8 Å². The van der Waals surface area contributed by atoms with Crippen LogP contribution in [0.2, 0.25) is 0 Å². The van der Waals surface area contributed by atoms with Gasteiger partial charge in [-0.15, -0.1) is 11.3 Å². The van der Waals surface area contributed by atoms with E-state index in [1.54, 1.807) is 28.4 Å². The zero-order chi connectivity index (χ0) is 25.8. The fourth-order valence-corrected chi connectivity index (χ4v) is 5.60. The normalized spacial score (nSPS) is 20.2. The summed E-state index contributed by atoms with van der Waals surface area (Å²) in [6.45, 7) is -0.573. The number of halogens is 1. The van der Waals surface area contributed by atoms with Crippen LogP contribution in [-0.4, -0.2) is 70.3 Å². The van der Waals surface area contributed by atoms with Gasteiger partial charge >= 0.3 is 6.03 Å². The molecule has 37 heavy (non-hydrogen) atoms. The minimum Gasteiger partial charge on any atom is -0.336 e. The highest BCUT2D eigenvalue weighted by Gasteiger charge is 2.51. The van der Waals surface area contributed by atoms with Gasteiger partial charge in [-0.05, 0) is 29.0 Å². The van der Waals surface area contributed by atoms with Crippen LogP contribution >= 0.6 is 11.3 Å². The van der Waals surface area contributed by atoms with Crippen molar-refractivity contribution in [1.82, 2.24) is 25.1 Å². The number of carbonyl (C=O) groups is 3. The first-order chi connectivity index (χ1) is 18.1. The van der Waals surface area contributed by atoms with Gasteiger partial charge < -0.3 is 15.1 Å². The summed E-state index contributed by atoms with van der Waals surface area (Å²) in [4.78, 5) is 44.8. The van der Waals surface area contributed by atoms with Crippen LogP contribution in [0.25, 0.3) is 0 Å². The first-order valence-corrected chi connectivity index (χ1v) is 13.0. The number of carbonyl (C=O) groups excluding carboxylic acids is 3. The molecular formula is C27H28FN5O3S. The number of thiophene rings is 1. The average molecular weight is 522 g/mol. The van der Waals surface area contributed by atoms with Crippen molar-refractivity contribution in [3.63, 3.8) is 0 Å². The summed E-state index contributed by atoms with van der Waals surface area (Å²) in [7, 11) is 0. The predicted molar refractivity (Wildman–Crippen MR) is 138 cm³/mol. The molecule has 2 saturated heterocycles. The zero-order valence-electron chi connectivity index (χ0n) is 20.2.